The lowest BCUT2D eigenvalue weighted by Crippen LogP contribution is -2.33. The average molecular weight is 201 g/mol. The molecule has 1 saturated heterocycles. The largest absolute Gasteiger partial charge is 0.396 e. The van der Waals surface area contributed by atoms with Crippen LogP contribution in [0.3, 0.4) is 0 Å². The molecule has 4 N–H and O–H groups in total. The van der Waals surface area contributed by atoms with Crippen molar-refractivity contribution in [1.82, 2.24) is 10.3 Å². The van der Waals surface area contributed by atoms with Crippen molar-refractivity contribution < 1.29 is 9.90 Å². The van der Waals surface area contributed by atoms with Crippen molar-refractivity contribution in [2.75, 3.05) is 26.2 Å². The summed E-state index contributed by atoms with van der Waals surface area (Å²) in [5, 5.41) is 8.77. The van der Waals surface area contributed by atoms with Crippen LogP contribution in [-0.2, 0) is 4.79 Å². The van der Waals surface area contributed by atoms with E-state index in [1.807, 2.05) is 0 Å². The fraction of sp³-hybridized carbons (Fsp3) is 0.889. The van der Waals surface area contributed by atoms with Crippen LogP contribution < -0.4 is 11.3 Å². The summed E-state index contributed by atoms with van der Waals surface area (Å²) in [5.74, 6) is 5.46. The van der Waals surface area contributed by atoms with Crippen LogP contribution in [0.1, 0.15) is 19.3 Å². The Morgan fingerprint density at radius 3 is 3.07 bits per heavy atom. The van der Waals surface area contributed by atoms with Gasteiger partial charge in [0.05, 0.1) is 0 Å². The van der Waals surface area contributed by atoms with Gasteiger partial charge in [0.1, 0.15) is 0 Å². The van der Waals surface area contributed by atoms with Crippen LogP contribution in [0.5, 0.6) is 0 Å². The van der Waals surface area contributed by atoms with E-state index in [2.05, 4.69) is 10.3 Å². The lowest BCUT2D eigenvalue weighted by molar-refractivity contribution is -0.121. The summed E-state index contributed by atoms with van der Waals surface area (Å²) in [4.78, 5) is 13.1. The van der Waals surface area contributed by atoms with Crippen LogP contribution in [0.2, 0.25) is 0 Å². The van der Waals surface area contributed by atoms with Crippen LogP contribution in [0.15, 0.2) is 0 Å². The van der Waals surface area contributed by atoms with Crippen LogP contribution in [0, 0.1) is 5.92 Å². The SMILES string of the molecule is NNC(=O)CCN1CCC(CCO)C1. The van der Waals surface area contributed by atoms with E-state index in [1.54, 1.807) is 0 Å². The molecule has 0 aromatic heterocycles. The summed E-state index contributed by atoms with van der Waals surface area (Å²) in [6, 6.07) is 0. The highest BCUT2D eigenvalue weighted by Crippen LogP contribution is 2.18. The zero-order valence-corrected chi connectivity index (χ0v) is 8.41. The molecule has 1 unspecified atom stereocenters. The Morgan fingerprint density at radius 2 is 2.43 bits per heavy atom. The number of amides is 1. The summed E-state index contributed by atoms with van der Waals surface area (Å²) in [5.41, 5.74) is 2.12. The molecule has 0 aromatic carbocycles. The molecule has 1 amide bonds. The number of nitrogens with two attached hydrogens (primary N) is 1. The molecule has 1 rings (SSSR count). The Labute approximate surface area is 84.2 Å². The number of nitrogens with zero attached hydrogens (tertiary/aromatic N) is 1. The van der Waals surface area contributed by atoms with Gasteiger partial charge in [0, 0.05) is 26.1 Å². The molecule has 0 radical (unpaired) electrons. The van der Waals surface area contributed by atoms with Crippen molar-refractivity contribution in [3.63, 3.8) is 0 Å². The minimum Gasteiger partial charge on any atom is -0.396 e. The number of aliphatic hydroxyl groups is 1. The van der Waals surface area contributed by atoms with Gasteiger partial charge in [-0.05, 0) is 25.3 Å². The number of hydrazine groups is 1. The molecule has 0 saturated carbocycles. The first-order valence-electron chi connectivity index (χ1n) is 5.09. The third kappa shape index (κ3) is 3.61. The van der Waals surface area contributed by atoms with Crippen molar-refractivity contribution in [2.24, 2.45) is 11.8 Å². The third-order valence-corrected chi connectivity index (χ3v) is 2.72. The minimum atomic E-state index is -0.115. The first-order chi connectivity index (χ1) is 6.76. The topological polar surface area (TPSA) is 78.6 Å². The second-order valence-corrected chi connectivity index (χ2v) is 3.79. The number of rotatable bonds is 5. The van der Waals surface area contributed by atoms with Gasteiger partial charge in [0.2, 0.25) is 5.91 Å². The molecule has 1 fully saturated rings. The van der Waals surface area contributed by atoms with Crippen LogP contribution >= 0.6 is 0 Å². The summed E-state index contributed by atoms with van der Waals surface area (Å²) in [6.07, 6.45) is 2.47. The predicted molar refractivity (Wildman–Crippen MR) is 53.2 cm³/mol. The molecule has 82 valence electrons. The molecule has 5 heteroatoms. The van der Waals surface area contributed by atoms with E-state index in [1.165, 1.54) is 0 Å². The van der Waals surface area contributed by atoms with Gasteiger partial charge in [0.15, 0.2) is 0 Å². The Bertz CT molecular complexity index is 187. The number of likely N-dealkylation sites (tertiary alicyclic amines) is 1. The van der Waals surface area contributed by atoms with Gasteiger partial charge >= 0.3 is 0 Å². The smallest absolute Gasteiger partial charge is 0.235 e. The summed E-state index contributed by atoms with van der Waals surface area (Å²) in [6.45, 7) is 3.06. The quantitative estimate of drug-likeness (QED) is 0.305. The van der Waals surface area contributed by atoms with Gasteiger partial charge < -0.3 is 10.0 Å². The molecule has 5 nitrogen and oxygen atoms in total. The minimum absolute atomic E-state index is 0.115. The molecule has 1 aliphatic heterocycles. The van der Waals surface area contributed by atoms with Gasteiger partial charge in [-0.15, -0.1) is 0 Å². The maximum atomic E-state index is 10.9. The number of carbonyl (C=O) groups excluding carboxylic acids is 1. The van der Waals surface area contributed by atoms with E-state index >= 15 is 0 Å². The summed E-state index contributed by atoms with van der Waals surface area (Å²) in [7, 11) is 0. The zero-order valence-electron chi connectivity index (χ0n) is 8.41. The molecule has 1 aliphatic rings. The van der Waals surface area contributed by atoms with Crippen molar-refractivity contribution >= 4 is 5.91 Å². The van der Waals surface area contributed by atoms with E-state index in [0.29, 0.717) is 12.3 Å². The molecular formula is C9H19N3O2. The Kier molecular flexibility index (Phi) is 4.86. The van der Waals surface area contributed by atoms with Crippen molar-refractivity contribution in [3.05, 3.63) is 0 Å². The van der Waals surface area contributed by atoms with Gasteiger partial charge in [0.25, 0.3) is 0 Å². The van der Waals surface area contributed by atoms with E-state index < -0.39 is 0 Å². The number of hydrogen-bond acceptors (Lipinski definition) is 4. The second-order valence-electron chi connectivity index (χ2n) is 3.79. The van der Waals surface area contributed by atoms with Crippen molar-refractivity contribution in [3.8, 4) is 0 Å². The van der Waals surface area contributed by atoms with Gasteiger partial charge in [-0.3, -0.25) is 10.2 Å². The van der Waals surface area contributed by atoms with Crippen LogP contribution in [0.25, 0.3) is 0 Å². The number of carbonyl (C=O) groups is 1. The highest BCUT2D eigenvalue weighted by Gasteiger charge is 2.21. The maximum absolute atomic E-state index is 10.9. The van der Waals surface area contributed by atoms with Crippen molar-refractivity contribution in [1.29, 1.82) is 0 Å². The van der Waals surface area contributed by atoms with Gasteiger partial charge in [-0.1, -0.05) is 0 Å². The van der Waals surface area contributed by atoms with Gasteiger partial charge in [-0.2, -0.15) is 0 Å². The van der Waals surface area contributed by atoms with E-state index in [4.69, 9.17) is 10.9 Å². The second kappa shape index (κ2) is 5.95. The first kappa shape index (κ1) is 11.4. The molecule has 1 heterocycles. The predicted octanol–water partition coefficient (Wildman–Crippen LogP) is -0.929. The molecule has 0 aromatic rings. The maximum Gasteiger partial charge on any atom is 0.235 e. The zero-order chi connectivity index (χ0) is 10.4. The number of hydrogen-bond donors (Lipinski definition) is 3. The average Bonchev–Trinajstić information content (AvgIpc) is 2.63. The standard InChI is InChI=1S/C9H19N3O2/c10-11-9(14)2-5-12-4-1-8(7-12)3-6-13/h8,13H,1-7,10H2,(H,11,14). The fourth-order valence-corrected chi connectivity index (χ4v) is 1.87. The van der Waals surface area contributed by atoms with E-state index in [-0.39, 0.29) is 12.5 Å². The molecular weight excluding hydrogens is 182 g/mol. The monoisotopic (exact) mass is 201 g/mol. The highest BCUT2D eigenvalue weighted by atomic mass is 16.3. The number of nitrogens with one attached hydrogen (secondary N) is 1. The highest BCUT2D eigenvalue weighted by molar-refractivity contribution is 5.75. The molecule has 0 bridgehead atoms. The Hall–Kier alpha value is -0.650. The Morgan fingerprint density at radius 1 is 1.64 bits per heavy atom. The van der Waals surface area contributed by atoms with E-state index in [0.717, 1.165) is 32.5 Å². The van der Waals surface area contributed by atoms with Crippen molar-refractivity contribution in [2.45, 2.75) is 19.3 Å². The van der Waals surface area contributed by atoms with Crippen LogP contribution in [-0.4, -0.2) is 42.2 Å². The third-order valence-electron chi connectivity index (χ3n) is 2.72. The van der Waals surface area contributed by atoms with E-state index in [9.17, 15) is 4.79 Å². The molecule has 14 heavy (non-hydrogen) atoms. The lowest BCUT2D eigenvalue weighted by Gasteiger charge is -2.14. The number of aliphatic hydroxyl groups excluding tert-OH is 1. The molecule has 0 aliphatic carbocycles. The molecule has 0 spiro atoms. The summed E-state index contributed by atoms with van der Waals surface area (Å²) < 4.78 is 0. The first-order valence-corrected chi connectivity index (χ1v) is 5.09. The lowest BCUT2D eigenvalue weighted by atomic mass is 10.1. The van der Waals surface area contributed by atoms with Crippen LogP contribution in [0.4, 0.5) is 0 Å². The summed E-state index contributed by atoms with van der Waals surface area (Å²) >= 11 is 0. The normalized spacial score (nSPS) is 22.6. The fourth-order valence-electron chi connectivity index (χ4n) is 1.87. The molecule has 1 atom stereocenters. The van der Waals surface area contributed by atoms with Gasteiger partial charge in [-0.25, -0.2) is 5.84 Å². The Balaban J connectivity index is 2.13.